The van der Waals surface area contributed by atoms with E-state index in [4.69, 9.17) is 14.9 Å². The van der Waals surface area contributed by atoms with E-state index in [0.29, 0.717) is 32.0 Å². The quantitative estimate of drug-likeness (QED) is 0.188. The molecular weight excluding hydrogens is 304 g/mol. The number of hydrogen-bond acceptors (Lipinski definition) is 4. The Balaban J connectivity index is 2.11. The molecule has 0 saturated carbocycles. The van der Waals surface area contributed by atoms with Crippen molar-refractivity contribution < 1.29 is 19.5 Å². The lowest BCUT2D eigenvalue weighted by atomic mass is 10.3. The summed E-state index contributed by atoms with van der Waals surface area (Å²) < 4.78 is 12.9. The fraction of sp³-hybridized carbons (Fsp3) is 0.333. The van der Waals surface area contributed by atoms with Gasteiger partial charge in [0.05, 0.1) is 44.3 Å². The Kier molecular flexibility index (Phi) is 10.4. The molecule has 128 valence electrons. The second kappa shape index (κ2) is 12.9. The first kappa shape index (κ1) is 19.4. The lowest BCUT2D eigenvalue weighted by Crippen LogP contribution is -2.40. The van der Waals surface area contributed by atoms with Crippen molar-refractivity contribution in [1.29, 1.82) is 0 Å². The van der Waals surface area contributed by atoms with Gasteiger partial charge in [-0.25, -0.2) is 0 Å². The third-order valence-corrected chi connectivity index (χ3v) is 2.96. The van der Waals surface area contributed by atoms with E-state index in [1.807, 2.05) is 18.5 Å². The normalized spacial score (nSPS) is 11.0. The number of nitrogens with two attached hydrogens (primary N) is 1. The van der Waals surface area contributed by atoms with E-state index in [-0.39, 0.29) is 0 Å². The van der Waals surface area contributed by atoms with Crippen LogP contribution in [0.15, 0.2) is 61.4 Å². The largest absolute Gasteiger partial charge is 0.497 e. The molecule has 0 radical (unpaired) electrons. The van der Waals surface area contributed by atoms with Crippen molar-refractivity contribution in [3.05, 3.63) is 62.1 Å². The van der Waals surface area contributed by atoms with Crippen LogP contribution in [-0.2, 0) is 22.4 Å². The van der Waals surface area contributed by atoms with Gasteiger partial charge in [0.25, 0.3) is 0 Å². The van der Waals surface area contributed by atoms with Gasteiger partial charge in [0, 0.05) is 0 Å². The predicted octanol–water partition coefficient (Wildman–Crippen LogP) is 0.449. The van der Waals surface area contributed by atoms with Gasteiger partial charge < -0.3 is 9.47 Å². The highest BCUT2D eigenvalue weighted by molar-refractivity contribution is 6.27. The molecule has 1 aromatic rings. The molecule has 0 saturated heterocycles. The van der Waals surface area contributed by atoms with Crippen molar-refractivity contribution in [3.8, 4) is 0 Å². The van der Waals surface area contributed by atoms with Crippen molar-refractivity contribution in [2.75, 3.05) is 19.8 Å². The minimum Gasteiger partial charge on any atom is -0.497 e. The van der Waals surface area contributed by atoms with Crippen molar-refractivity contribution in [2.24, 2.45) is 4.99 Å². The summed E-state index contributed by atoms with van der Waals surface area (Å²) in [4.78, 5) is 8.11. The zero-order valence-corrected chi connectivity index (χ0v) is 14.0. The first-order chi connectivity index (χ1) is 11.8. The number of hydrogen-bond donors (Lipinski definition) is 1. The van der Waals surface area contributed by atoms with E-state index < -0.39 is 0 Å². The molecule has 0 spiro atoms. The lowest BCUT2D eigenvalue weighted by molar-refractivity contribution is -0.705. The summed E-state index contributed by atoms with van der Waals surface area (Å²) in [6, 6.07) is 0. The zero-order valence-electron chi connectivity index (χ0n) is 14.0. The van der Waals surface area contributed by atoms with Crippen LogP contribution in [0, 0.1) is 0 Å². The van der Waals surface area contributed by atoms with Gasteiger partial charge in [0.15, 0.2) is 18.5 Å². The Hall–Kier alpha value is -2.60. The minimum atomic E-state index is 0.471. The highest BCUT2D eigenvalue weighted by atomic mass is 16.5. The van der Waals surface area contributed by atoms with E-state index >= 15 is 0 Å². The van der Waals surface area contributed by atoms with Crippen molar-refractivity contribution >= 4 is 11.9 Å². The van der Waals surface area contributed by atoms with Crippen LogP contribution in [0.25, 0.3) is 0 Å². The van der Waals surface area contributed by atoms with Gasteiger partial charge in [-0.15, -0.1) is 13.2 Å². The summed E-state index contributed by atoms with van der Waals surface area (Å²) in [5.41, 5.74) is 1.77. The third-order valence-electron chi connectivity index (χ3n) is 2.96. The molecule has 0 unspecified atom stereocenters. The Morgan fingerprint density at radius 2 is 2.17 bits per heavy atom. The van der Waals surface area contributed by atoms with Crippen LogP contribution in [0.1, 0.15) is 12.1 Å². The summed E-state index contributed by atoms with van der Waals surface area (Å²) in [5, 5.41) is 5.65. The average Bonchev–Trinajstić information content (AvgIpc) is 2.58. The smallest absolute Gasteiger partial charge is 0.203 e. The van der Waals surface area contributed by atoms with Crippen LogP contribution in [0.4, 0.5) is 0 Å². The Bertz CT molecular complexity index is 582. The summed E-state index contributed by atoms with van der Waals surface area (Å²) in [5.74, 6) is 0. The first-order valence-electron chi connectivity index (χ1n) is 7.81. The van der Waals surface area contributed by atoms with E-state index in [9.17, 15) is 0 Å². The number of rotatable bonds is 13. The van der Waals surface area contributed by atoms with Gasteiger partial charge in [-0.1, -0.05) is 12.2 Å². The second-order valence-corrected chi connectivity index (χ2v) is 4.87. The van der Waals surface area contributed by atoms with Crippen LogP contribution >= 0.6 is 0 Å². The van der Waals surface area contributed by atoms with Crippen molar-refractivity contribution in [2.45, 2.75) is 19.4 Å². The van der Waals surface area contributed by atoms with E-state index in [1.165, 1.54) is 6.26 Å². The molecular formula is C18H26N4O2+2. The zero-order chi connectivity index (χ0) is 17.5. The number of aromatic nitrogens is 2. The molecule has 6 nitrogen and oxygen atoms in total. The number of ether oxygens (including phenoxy) is 2. The highest BCUT2D eigenvalue weighted by Crippen LogP contribution is 1.91. The fourth-order valence-electron chi connectivity index (χ4n) is 1.83. The van der Waals surface area contributed by atoms with Crippen molar-refractivity contribution in [1.82, 2.24) is 4.98 Å². The molecule has 0 aliphatic heterocycles. The Morgan fingerprint density at radius 3 is 2.96 bits per heavy atom. The monoisotopic (exact) mass is 330 g/mol. The summed E-state index contributed by atoms with van der Waals surface area (Å²) in [6.45, 7) is 9.71. The van der Waals surface area contributed by atoms with Gasteiger partial charge >= 0.3 is 0 Å². The lowest BCUT2D eigenvalue weighted by Gasteiger charge is -2.04. The van der Waals surface area contributed by atoms with Crippen LogP contribution in [0.2, 0.25) is 0 Å². The van der Waals surface area contributed by atoms with Gasteiger partial charge in [-0.05, 0) is 0 Å². The van der Waals surface area contributed by atoms with Gasteiger partial charge in [0.1, 0.15) is 19.5 Å². The maximum Gasteiger partial charge on any atom is 0.203 e. The number of allylic oxidation sites excluding steroid dienone is 2. The SMILES string of the molecule is C=CCC(=[NH2+])C=N/C=C\OCCOCC[n+]1ccncc1CC=C. The molecule has 0 amide bonds. The molecule has 1 aromatic heterocycles. The van der Waals surface area contributed by atoms with E-state index in [1.54, 1.807) is 24.7 Å². The molecule has 0 aromatic carbocycles. The van der Waals surface area contributed by atoms with E-state index in [0.717, 1.165) is 18.7 Å². The highest BCUT2D eigenvalue weighted by Gasteiger charge is 2.07. The van der Waals surface area contributed by atoms with Gasteiger partial charge in [-0.2, -0.15) is 4.57 Å². The summed E-state index contributed by atoms with van der Waals surface area (Å²) in [7, 11) is 0. The molecule has 1 rings (SSSR count). The predicted molar refractivity (Wildman–Crippen MR) is 94.5 cm³/mol. The Labute approximate surface area is 143 Å². The molecule has 0 aliphatic rings. The van der Waals surface area contributed by atoms with Crippen LogP contribution in [0.3, 0.4) is 0 Å². The molecule has 0 bridgehead atoms. The van der Waals surface area contributed by atoms with Crippen LogP contribution in [0.5, 0.6) is 0 Å². The molecule has 2 N–H and O–H groups in total. The maximum absolute atomic E-state index is 5.65. The first-order valence-corrected chi connectivity index (χ1v) is 7.81. The van der Waals surface area contributed by atoms with Gasteiger partial charge in [0.2, 0.25) is 5.69 Å². The average molecular weight is 330 g/mol. The molecule has 0 atom stereocenters. The van der Waals surface area contributed by atoms with Gasteiger partial charge in [-0.3, -0.25) is 15.4 Å². The summed E-state index contributed by atoms with van der Waals surface area (Å²) >= 11 is 0. The van der Waals surface area contributed by atoms with Crippen molar-refractivity contribution in [3.63, 3.8) is 0 Å². The molecule has 24 heavy (non-hydrogen) atoms. The van der Waals surface area contributed by atoms with Crippen LogP contribution < -0.4 is 9.98 Å². The number of aliphatic imine (C=N–C) groups is 1. The third kappa shape index (κ3) is 8.75. The second-order valence-electron chi connectivity index (χ2n) is 4.87. The topological polar surface area (TPSA) is 73.2 Å². The standard InChI is InChI=1S/C18H25N4O2/c1-3-5-17(19)15-21-8-11-23-13-14-24-12-10-22-9-7-20-16-18(22)6-4-2/h3-4,7-9,11,15-16,19H,1-2,5-6,10,12-14H2/q+1/p+1/b11-8-,19-17?,21-15?. The number of nitrogens with zero attached hydrogens (tertiary/aromatic N) is 3. The van der Waals surface area contributed by atoms with E-state index in [2.05, 4.69) is 27.7 Å². The molecule has 6 heteroatoms. The maximum atomic E-state index is 5.65. The molecule has 1 heterocycles. The minimum absolute atomic E-state index is 0.471. The summed E-state index contributed by atoms with van der Waals surface area (Å²) in [6.07, 6.45) is 15.2. The molecule has 0 aliphatic carbocycles. The van der Waals surface area contributed by atoms with Crippen LogP contribution in [-0.4, -0.2) is 36.7 Å². The molecule has 0 fully saturated rings. The fourth-order valence-corrected chi connectivity index (χ4v) is 1.83. The Morgan fingerprint density at radius 1 is 1.29 bits per heavy atom.